The summed E-state index contributed by atoms with van der Waals surface area (Å²) in [5.41, 5.74) is -0.654. The van der Waals surface area contributed by atoms with E-state index in [0.29, 0.717) is 0 Å². The molecular weight excluding hydrogens is 286 g/mol. The summed E-state index contributed by atoms with van der Waals surface area (Å²) in [6.45, 7) is 6.88. The van der Waals surface area contributed by atoms with Crippen LogP contribution < -0.4 is 15.4 Å². The summed E-state index contributed by atoms with van der Waals surface area (Å²) in [7, 11) is -3.41. The number of carbonyl (C=O) groups is 2. The first-order valence-corrected chi connectivity index (χ1v) is 7.89. The van der Waals surface area contributed by atoms with Crippen molar-refractivity contribution in [2.24, 2.45) is 5.41 Å². The van der Waals surface area contributed by atoms with E-state index >= 15 is 0 Å². The fourth-order valence-electron chi connectivity index (χ4n) is 1.42. The normalized spacial score (nSPS) is 13.6. The van der Waals surface area contributed by atoms with E-state index in [4.69, 9.17) is 5.11 Å². The van der Waals surface area contributed by atoms with E-state index in [2.05, 4.69) is 15.4 Å². The van der Waals surface area contributed by atoms with Gasteiger partial charge in [-0.1, -0.05) is 27.7 Å². The average Bonchev–Trinajstić information content (AvgIpc) is 2.23. The van der Waals surface area contributed by atoms with Gasteiger partial charge in [0.25, 0.3) is 0 Å². The molecule has 0 aromatic carbocycles. The van der Waals surface area contributed by atoms with Crippen molar-refractivity contribution in [3.05, 3.63) is 0 Å². The molecule has 20 heavy (non-hydrogen) atoms. The van der Waals surface area contributed by atoms with Crippen LogP contribution in [0, 0.1) is 5.41 Å². The molecule has 0 unspecified atom stereocenters. The molecule has 8 nitrogen and oxygen atoms in total. The second-order valence-corrected chi connectivity index (χ2v) is 7.28. The molecule has 0 aliphatic carbocycles. The number of hydrogen-bond acceptors (Lipinski definition) is 4. The first kappa shape index (κ1) is 18.7. The number of carbonyl (C=O) groups excluding carboxylic acids is 1. The number of urea groups is 1. The lowest BCUT2D eigenvalue weighted by Gasteiger charge is -2.27. The highest BCUT2D eigenvalue weighted by Gasteiger charge is 2.32. The quantitative estimate of drug-likeness (QED) is 0.515. The van der Waals surface area contributed by atoms with Crippen LogP contribution in [0.3, 0.4) is 0 Å². The second kappa shape index (κ2) is 7.44. The zero-order valence-electron chi connectivity index (χ0n) is 12.2. The van der Waals surface area contributed by atoms with Crippen molar-refractivity contribution in [3.63, 3.8) is 0 Å². The number of hydrogen-bond donors (Lipinski definition) is 4. The van der Waals surface area contributed by atoms with Crippen LogP contribution in [-0.2, 0) is 14.8 Å². The summed E-state index contributed by atoms with van der Waals surface area (Å²) in [6.07, 6.45) is 0. The Morgan fingerprint density at radius 1 is 1.25 bits per heavy atom. The van der Waals surface area contributed by atoms with Crippen LogP contribution in [0.2, 0.25) is 0 Å². The van der Waals surface area contributed by atoms with Gasteiger partial charge in [-0.15, -0.1) is 0 Å². The van der Waals surface area contributed by atoms with Crippen LogP contribution in [0.1, 0.15) is 27.7 Å². The molecule has 0 radical (unpaired) electrons. The van der Waals surface area contributed by atoms with E-state index in [1.165, 1.54) is 0 Å². The van der Waals surface area contributed by atoms with Gasteiger partial charge in [-0.05, 0) is 5.41 Å². The van der Waals surface area contributed by atoms with Crippen molar-refractivity contribution in [1.29, 1.82) is 0 Å². The van der Waals surface area contributed by atoms with Crippen LogP contribution in [0.25, 0.3) is 0 Å². The van der Waals surface area contributed by atoms with Gasteiger partial charge in [0, 0.05) is 13.1 Å². The molecule has 0 heterocycles. The van der Waals surface area contributed by atoms with E-state index in [1.54, 1.807) is 27.7 Å². The maximum Gasteiger partial charge on any atom is 0.326 e. The number of rotatable bonds is 7. The van der Waals surface area contributed by atoms with Crippen molar-refractivity contribution in [2.75, 3.05) is 18.8 Å². The van der Waals surface area contributed by atoms with Crippen molar-refractivity contribution in [2.45, 2.75) is 33.7 Å². The van der Waals surface area contributed by atoms with E-state index in [-0.39, 0.29) is 18.8 Å². The Bertz CT molecular complexity index is 441. The number of aliphatic carboxylic acids is 1. The smallest absolute Gasteiger partial charge is 0.326 e. The first-order valence-electron chi connectivity index (χ1n) is 6.24. The summed E-state index contributed by atoms with van der Waals surface area (Å²) in [6, 6.07) is -1.77. The molecule has 2 amide bonds. The highest BCUT2D eigenvalue weighted by Crippen LogP contribution is 2.19. The molecule has 0 aliphatic rings. The predicted molar refractivity (Wildman–Crippen MR) is 74.9 cm³/mol. The third kappa shape index (κ3) is 7.29. The Balaban J connectivity index is 4.33. The third-order valence-corrected chi connectivity index (χ3v) is 3.88. The Labute approximate surface area is 119 Å². The van der Waals surface area contributed by atoms with Gasteiger partial charge in [0.1, 0.15) is 6.04 Å². The molecule has 0 bridgehead atoms. The number of nitrogens with one attached hydrogen (secondary N) is 3. The minimum Gasteiger partial charge on any atom is -0.480 e. The molecule has 0 aromatic heterocycles. The van der Waals surface area contributed by atoms with E-state index in [1.807, 2.05) is 0 Å². The highest BCUT2D eigenvalue weighted by atomic mass is 32.2. The molecule has 0 aliphatic heterocycles. The summed E-state index contributed by atoms with van der Waals surface area (Å²) in [5.74, 6) is -1.41. The standard InChI is InChI=1S/C11H23N3O5S/c1-5-13-20(18,19)7-6-12-10(17)14-8(9(15)16)11(2,3)4/h8,13H,5-7H2,1-4H3,(H,15,16)(H2,12,14,17)/t8-/m0/s1. The van der Waals surface area contributed by atoms with Gasteiger partial charge in [-0.3, -0.25) is 0 Å². The van der Waals surface area contributed by atoms with Crippen LogP contribution in [0.15, 0.2) is 0 Å². The number of amides is 2. The van der Waals surface area contributed by atoms with Crippen molar-refractivity contribution >= 4 is 22.0 Å². The zero-order valence-corrected chi connectivity index (χ0v) is 13.0. The molecule has 0 spiro atoms. The van der Waals surface area contributed by atoms with Gasteiger partial charge in [-0.25, -0.2) is 22.7 Å². The third-order valence-electron chi connectivity index (χ3n) is 2.41. The summed E-state index contributed by atoms with van der Waals surface area (Å²) in [5, 5.41) is 13.7. The fraction of sp³-hybridized carbons (Fsp3) is 0.818. The van der Waals surface area contributed by atoms with Gasteiger partial charge in [0.2, 0.25) is 10.0 Å². The van der Waals surface area contributed by atoms with Gasteiger partial charge in [-0.2, -0.15) is 0 Å². The monoisotopic (exact) mass is 309 g/mol. The molecule has 118 valence electrons. The predicted octanol–water partition coefficient (Wildman–Crippen LogP) is -0.276. The van der Waals surface area contributed by atoms with Crippen LogP contribution in [0.4, 0.5) is 4.79 Å². The molecule has 0 aromatic rings. The van der Waals surface area contributed by atoms with E-state index in [9.17, 15) is 18.0 Å². The molecule has 0 saturated carbocycles. The van der Waals surface area contributed by atoms with E-state index < -0.39 is 33.5 Å². The van der Waals surface area contributed by atoms with Gasteiger partial charge in [0.15, 0.2) is 0 Å². The largest absolute Gasteiger partial charge is 0.480 e. The maximum absolute atomic E-state index is 11.5. The zero-order chi connectivity index (χ0) is 16.0. The Morgan fingerprint density at radius 3 is 2.20 bits per heavy atom. The summed E-state index contributed by atoms with van der Waals surface area (Å²) in [4.78, 5) is 22.6. The Morgan fingerprint density at radius 2 is 1.80 bits per heavy atom. The van der Waals surface area contributed by atoms with Crippen LogP contribution in [-0.4, -0.2) is 50.4 Å². The number of sulfonamides is 1. The lowest BCUT2D eigenvalue weighted by atomic mass is 9.87. The average molecular weight is 309 g/mol. The lowest BCUT2D eigenvalue weighted by molar-refractivity contribution is -0.141. The molecule has 0 saturated heterocycles. The molecule has 0 rings (SSSR count). The number of carboxylic acid groups (broad SMARTS) is 1. The minimum absolute atomic E-state index is 0.0996. The van der Waals surface area contributed by atoms with Crippen LogP contribution >= 0.6 is 0 Å². The van der Waals surface area contributed by atoms with Gasteiger partial charge < -0.3 is 15.7 Å². The first-order chi connectivity index (χ1) is 8.99. The SMILES string of the molecule is CCNS(=O)(=O)CCNC(=O)N[C@@H](C(=O)O)C(C)(C)C. The van der Waals surface area contributed by atoms with Crippen molar-refractivity contribution in [3.8, 4) is 0 Å². The molecular formula is C11H23N3O5S. The molecule has 4 N–H and O–H groups in total. The second-order valence-electron chi connectivity index (χ2n) is 5.35. The van der Waals surface area contributed by atoms with Gasteiger partial charge in [0.05, 0.1) is 5.75 Å². The topological polar surface area (TPSA) is 125 Å². The van der Waals surface area contributed by atoms with E-state index in [0.717, 1.165) is 0 Å². The Kier molecular flexibility index (Phi) is 6.94. The summed E-state index contributed by atoms with van der Waals surface area (Å²) >= 11 is 0. The summed E-state index contributed by atoms with van der Waals surface area (Å²) < 4.78 is 24.9. The van der Waals surface area contributed by atoms with Crippen LogP contribution in [0.5, 0.6) is 0 Å². The minimum atomic E-state index is -3.41. The van der Waals surface area contributed by atoms with Gasteiger partial charge >= 0.3 is 12.0 Å². The lowest BCUT2D eigenvalue weighted by Crippen LogP contribution is -2.52. The molecule has 0 fully saturated rings. The van der Waals surface area contributed by atoms with Crippen molar-refractivity contribution in [1.82, 2.24) is 15.4 Å². The Hall–Kier alpha value is -1.35. The highest BCUT2D eigenvalue weighted by molar-refractivity contribution is 7.89. The maximum atomic E-state index is 11.5. The molecule has 1 atom stereocenters. The fourth-order valence-corrected chi connectivity index (χ4v) is 2.38. The number of carboxylic acids is 1. The molecule has 9 heteroatoms. The van der Waals surface area contributed by atoms with Crippen molar-refractivity contribution < 1.29 is 23.1 Å².